The molecule has 1 atom stereocenters. The van der Waals surface area contributed by atoms with Crippen molar-refractivity contribution in [2.45, 2.75) is 53.0 Å². The monoisotopic (exact) mass is 494 g/mol. The molecule has 1 aliphatic heterocycles. The van der Waals surface area contributed by atoms with Crippen LogP contribution in [0.2, 0.25) is 0 Å². The lowest BCUT2D eigenvalue weighted by atomic mass is 9.94. The highest BCUT2D eigenvalue weighted by atomic mass is 16.5. The van der Waals surface area contributed by atoms with Crippen LogP contribution in [-0.2, 0) is 4.79 Å². The summed E-state index contributed by atoms with van der Waals surface area (Å²) in [6.07, 6.45) is 3.37. The van der Waals surface area contributed by atoms with E-state index in [1.54, 1.807) is 0 Å². The summed E-state index contributed by atoms with van der Waals surface area (Å²) in [6.45, 7) is 8.90. The highest BCUT2D eigenvalue weighted by Gasteiger charge is 2.34. The largest absolute Gasteiger partial charge is 0.494 e. The number of rotatable bonds is 8. The van der Waals surface area contributed by atoms with E-state index in [1.165, 1.54) is 0 Å². The number of nitrogens with one attached hydrogen (secondary N) is 2. The number of fused-ring (bicyclic) bond motifs is 3. The van der Waals surface area contributed by atoms with Gasteiger partial charge in [-0.3, -0.25) is 9.36 Å². The van der Waals surface area contributed by atoms with E-state index in [9.17, 15) is 4.79 Å². The molecule has 2 N–H and O–H groups in total. The number of anilines is 2. The fourth-order valence-corrected chi connectivity index (χ4v) is 5.01. The number of amides is 1. The van der Waals surface area contributed by atoms with Gasteiger partial charge in [0.15, 0.2) is 0 Å². The van der Waals surface area contributed by atoms with Crippen LogP contribution in [0.5, 0.6) is 5.75 Å². The van der Waals surface area contributed by atoms with E-state index in [-0.39, 0.29) is 11.9 Å². The van der Waals surface area contributed by atoms with Crippen molar-refractivity contribution in [3.05, 3.63) is 94.7 Å². The molecule has 1 aromatic heterocycles. The van der Waals surface area contributed by atoms with Crippen molar-refractivity contribution >= 4 is 28.6 Å². The van der Waals surface area contributed by atoms with Gasteiger partial charge in [0.05, 0.1) is 29.3 Å². The fraction of sp³-hybridized carbons (Fsp3) is 0.290. The van der Waals surface area contributed by atoms with Gasteiger partial charge in [-0.15, -0.1) is 0 Å². The Hall–Kier alpha value is -4.06. The number of carbonyl (C=O) groups is 1. The molecule has 0 bridgehead atoms. The maximum Gasteiger partial charge on any atom is 0.255 e. The minimum atomic E-state index is -0.344. The standard InChI is InChI=1S/C31H34N4O2/c1-5-6-9-18-37-24-15-13-23(14-16-24)29-28(30(36)33-25-17-12-20(2)19-21(25)3)22(4)32-31-34-26-10-7-8-11-27(26)35(29)31/h7-8,10-17,19,29H,5-6,9,18H2,1-4H3,(H,32,34)(H,33,36). The van der Waals surface area contributed by atoms with Gasteiger partial charge >= 0.3 is 0 Å². The highest BCUT2D eigenvalue weighted by molar-refractivity contribution is 6.06. The molecule has 4 aromatic rings. The number of imidazole rings is 1. The lowest BCUT2D eigenvalue weighted by Crippen LogP contribution is -2.31. The van der Waals surface area contributed by atoms with Gasteiger partial charge in [-0.1, -0.05) is 61.7 Å². The number of carbonyl (C=O) groups excluding carboxylic acids is 1. The average Bonchev–Trinajstić information content (AvgIpc) is 3.25. The Labute approximate surface area is 218 Å². The highest BCUT2D eigenvalue weighted by Crippen LogP contribution is 2.40. The molecular weight excluding hydrogens is 460 g/mol. The van der Waals surface area contributed by atoms with Crippen LogP contribution >= 0.6 is 0 Å². The van der Waals surface area contributed by atoms with E-state index in [4.69, 9.17) is 9.72 Å². The number of hydrogen-bond acceptors (Lipinski definition) is 4. The van der Waals surface area contributed by atoms with Crippen molar-refractivity contribution in [1.82, 2.24) is 9.55 Å². The van der Waals surface area contributed by atoms with Gasteiger partial charge in [0.2, 0.25) is 5.95 Å². The topological polar surface area (TPSA) is 68.2 Å². The molecule has 0 saturated heterocycles. The first-order valence-corrected chi connectivity index (χ1v) is 13.0. The normalized spacial score (nSPS) is 14.9. The van der Waals surface area contributed by atoms with Gasteiger partial charge in [0, 0.05) is 11.4 Å². The van der Waals surface area contributed by atoms with Crippen LogP contribution in [0, 0.1) is 13.8 Å². The number of benzene rings is 3. The van der Waals surface area contributed by atoms with Crippen molar-refractivity contribution < 1.29 is 9.53 Å². The number of hydrogen-bond donors (Lipinski definition) is 2. The van der Waals surface area contributed by atoms with Crippen LogP contribution in [0.1, 0.15) is 55.8 Å². The molecule has 1 amide bonds. The molecule has 0 spiro atoms. The van der Waals surface area contributed by atoms with Crippen LogP contribution < -0.4 is 15.4 Å². The Morgan fingerprint density at radius 2 is 1.81 bits per heavy atom. The second kappa shape index (κ2) is 10.5. The SMILES string of the molecule is CCCCCOc1ccc(C2C(C(=O)Nc3ccc(C)cc3C)=C(C)Nc3nc4ccccc4n32)cc1. The molecule has 6 heteroatoms. The summed E-state index contributed by atoms with van der Waals surface area (Å²) in [4.78, 5) is 18.7. The Balaban J connectivity index is 1.54. The third kappa shape index (κ3) is 4.96. The fourth-order valence-electron chi connectivity index (χ4n) is 5.01. The van der Waals surface area contributed by atoms with Gasteiger partial charge in [-0.2, -0.15) is 0 Å². The summed E-state index contributed by atoms with van der Waals surface area (Å²) in [6, 6.07) is 21.8. The van der Waals surface area contributed by atoms with Gasteiger partial charge in [-0.05, 0) is 68.7 Å². The smallest absolute Gasteiger partial charge is 0.255 e. The predicted octanol–water partition coefficient (Wildman–Crippen LogP) is 7.15. The molecule has 1 aliphatic rings. The first-order chi connectivity index (χ1) is 18.0. The number of unbranched alkanes of at least 4 members (excludes halogenated alkanes) is 2. The molecule has 37 heavy (non-hydrogen) atoms. The summed E-state index contributed by atoms with van der Waals surface area (Å²) in [5.74, 6) is 1.43. The van der Waals surface area contributed by atoms with Gasteiger partial charge < -0.3 is 15.4 Å². The second-order valence-corrected chi connectivity index (χ2v) is 9.76. The van der Waals surface area contributed by atoms with Crippen molar-refractivity contribution in [2.24, 2.45) is 0 Å². The molecule has 0 fully saturated rings. The van der Waals surface area contributed by atoms with E-state index in [2.05, 4.69) is 47.2 Å². The second-order valence-electron chi connectivity index (χ2n) is 9.76. The third-order valence-corrected chi connectivity index (χ3v) is 6.92. The summed E-state index contributed by atoms with van der Waals surface area (Å²) in [5.41, 5.74) is 7.31. The summed E-state index contributed by atoms with van der Waals surface area (Å²) >= 11 is 0. The number of para-hydroxylation sites is 2. The molecule has 0 aliphatic carbocycles. The maximum atomic E-state index is 13.9. The van der Waals surface area contributed by atoms with Crippen LogP contribution in [0.25, 0.3) is 11.0 Å². The van der Waals surface area contributed by atoms with Crippen molar-refractivity contribution in [1.29, 1.82) is 0 Å². The molecule has 0 saturated carbocycles. The van der Waals surface area contributed by atoms with E-state index in [0.717, 1.165) is 70.1 Å². The number of aromatic nitrogens is 2. The Morgan fingerprint density at radius 3 is 2.57 bits per heavy atom. The summed E-state index contributed by atoms with van der Waals surface area (Å²) in [7, 11) is 0. The predicted molar refractivity (Wildman–Crippen MR) is 150 cm³/mol. The van der Waals surface area contributed by atoms with Gasteiger partial charge in [-0.25, -0.2) is 4.98 Å². The van der Waals surface area contributed by atoms with Crippen LogP contribution in [-0.4, -0.2) is 22.1 Å². The van der Waals surface area contributed by atoms with Gasteiger partial charge in [0.1, 0.15) is 5.75 Å². The van der Waals surface area contributed by atoms with Crippen LogP contribution in [0.15, 0.2) is 78.0 Å². The molecular formula is C31H34N4O2. The average molecular weight is 495 g/mol. The molecule has 6 nitrogen and oxygen atoms in total. The van der Waals surface area contributed by atoms with E-state index in [0.29, 0.717) is 12.2 Å². The van der Waals surface area contributed by atoms with E-state index >= 15 is 0 Å². The van der Waals surface area contributed by atoms with Crippen LogP contribution in [0.4, 0.5) is 11.6 Å². The first-order valence-electron chi connectivity index (χ1n) is 13.0. The van der Waals surface area contributed by atoms with Crippen molar-refractivity contribution in [3.8, 4) is 5.75 Å². The minimum absolute atomic E-state index is 0.134. The number of nitrogens with zero attached hydrogens (tertiary/aromatic N) is 2. The molecule has 0 radical (unpaired) electrons. The lowest BCUT2D eigenvalue weighted by Gasteiger charge is -2.31. The zero-order valence-corrected chi connectivity index (χ0v) is 22.0. The quantitative estimate of drug-likeness (QED) is 0.255. The van der Waals surface area contributed by atoms with Gasteiger partial charge in [0.25, 0.3) is 5.91 Å². The molecule has 3 aromatic carbocycles. The lowest BCUT2D eigenvalue weighted by molar-refractivity contribution is -0.113. The van der Waals surface area contributed by atoms with Crippen molar-refractivity contribution in [3.63, 3.8) is 0 Å². The summed E-state index contributed by atoms with van der Waals surface area (Å²) < 4.78 is 8.07. The maximum absolute atomic E-state index is 13.9. The first kappa shape index (κ1) is 24.6. The minimum Gasteiger partial charge on any atom is -0.494 e. The number of allylic oxidation sites excluding steroid dienone is 1. The van der Waals surface area contributed by atoms with Crippen LogP contribution in [0.3, 0.4) is 0 Å². The Kier molecular flexibility index (Phi) is 6.99. The van der Waals surface area contributed by atoms with E-state index < -0.39 is 0 Å². The van der Waals surface area contributed by atoms with E-state index in [1.807, 2.05) is 62.4 Å². The summed E-state index contributed by atoms with van der Waals surface area (Å²) in [5, 5.41) is 6.55. The molecule has 1 unspecified atom stereocenters. The molecule has 190 valence electrons. The molecule has 5 rings (SSSR count). The number of ether oxygens (including phenoxy) is 1. The number of aryl methyl sites for hydroxylation is 2. The zero-order chi connectivity index (χ0) is 25.9. The zero-order valence-electron chi connectivity index (χ0n) is 22.0. The molecule has 2 heterocycles. The Morgan fingerprint density at radius 1 is 1.03 bits per heavy atom. The third-order valence-electron chi connectivity index (χ3n) is 6.92. The Bertz CT molecular complexity index is 1470. The van der Waals surface area contributed by atoms with Crippen molar-refractivity contribution in [2.75, 3.05) is 17.2 Å².